The fourth-order valence-corrected chi connectivity index (χ4v) is 3.43. The summed E-state index contributed by atoms with van der Waals surface area (Å²) in [4.78, 5) is 26.6. The van der Waals surface area contributed by atoms with Crippen molar-refractivity contribution in [2.75, 3.05) is 5.32 Å². The van der Waals surface area contributed by atoms with Gasteiger partial charge in [0, 0.05) is 29.8 Å². The molecule has 0 saturated carbocycles. The molecule has 138 valence electrons. The Morgan fingerprint density at radius 1 is 0.893 bits per heavy atom. The summed E-state index contributed by atoms with van der Waals surface area (Å²) in [6.45, 7) is 1.48. The Morgan fingerprint density at radius 3 is 2.36 bits per heavy atom. The van der Waals surface area contributed by atoms with E-state index in [1.54, 1.807) is 0 Å². The minimum Gasteiger partial charge on any atom is -0.366 e. The number of carbonyl (C=O) groups is 2. The molecule has 1 heterocycles. The van der Waals surface area contributed by atoms with Crippen molar-refractivity contribution >= 4 is 28.4 Å². The van der Waals surface area contributed by atoms with Crippen molar-refractivity contribution in [2.24, 2.45) is 5.73 Å². The second-order valence-corrected chi connectivity index (χ2v) is 6.64. The number of rotatable bonds is 4. The second kappa shape index (κ2) is 7.04. The van der Waals surface area contributed by atoms with E-state index in [1.807, 2.05) is 72.9 Å². The molecule has 5 heteroatoms. The van der Waals surface area contributed by atoms with Crippen LogP contribution in [0.15, 0.2) is 72.9 Å². The number of nitrogens with one attached hydrogen (secondary N) is 2. The summed E-state index contributed by atoms with van der Waals surface area (Å²) < 4.78 is 0. The Balaban J connectivity index is 1.92. The summed E-state index contributed by atoms with van der Waals surface area (Å²) in [5.74, 6) is -0.610. The van der Waals surface area contributed by atoms with Crippen LogP contribution < -0.4 is 11.1 Å². The molecule has 28 heavy (non-hydrogen) atoms. The molecular weight excluding hydrogens is 350 g/mol. The Hall–Kier alpha value is -3.86. The topological polar surface area (TPSA) is 88.0 Å². The van der Waals surface area contributed by atoms with Crippen molar-refractivity contribution in [3.8, 4) is 22.3 Å². The highest BCUT2D eigenvalue weighted by Crippen LogP contribution is 2.35. The zero-order valence-corrected chi connectivity index (χ0v) is 15.3. The number of fused-ring (bicyclic) bond motifs is 1. The average molecular weight is 369 g/mol. The highest BCUT2D eigenvalue weighted by Gasteiger charge is 2.15. The summed E-state index contributed by atoms with van der Waals surface area (Å²) in [7, 11) is 0. The number of amides is 2. The fraction of sp³-hybridized carbons (Fsp3) is 0.0435. The molecule has 0 unspecified atom stereocenters. The summed E-state index contributed by atoms with van der Waals surface area (Å²) >= 11 is 0. The van der Waals surface area contributed by atoms with Crippen LogP contribution in [-0.4, -0.2) is 16.8 Å². The van der Waals surface area contributed by atoms with Gasteiger partial charge in [-0.05, 0) is 41.0 Å². The lowest BCUT2D eigenvalue weighted by molar-refractivity contribution is -0.114. The number of carbonyl (C=O) groups excluding carboxylic acids is 2. The molecule has 5 nitrogen and oxygen atoms in total. The van der Waals surface area contributed by atoms with Gasteiger partial charge in [0.15, 0.2) is 0 Å². The molecule has 0 aliphatic carbocycles. The zero-order chi connectivity index (χ0) is 19.7. The molecule has 0 saturated heterocycles. The first-order chi connectivity index (χ1) is 13.5. The molecule has 4 aromatic rings. The van der Waals surface area contributed by atoms with Crippen molar-refractivity contribution in [3.63, 3.8) is 0 Å². The van der Waals surface area contributed by atoms with Gasteiger partial charge in [-0.25, -0.2) is 0 Å². The van der Waals surface area contributed by atoms with Gasteiger partial charge in [-0.1, -0.05) is 42.5 Å². The average Bonchev–Trinajstić information content (AvgIpc) is 3.11. The maximum atomic E-state index is 12.1. The van der Waals surface area contributed by atoms with E-state index < -0.39 is 5.91 Å². The number of H-pyrrole nitrogens is 1. The normalized spacial score (nSPS) is 10.8. The summed E-state index contributed by atoms with van der Waals surface area (Å²) in [5.41, 5.74) is 11.3. The molecule has 0 aliphatic rings. The predicted molar refractivity (Wildman–Crippen MR) is 112 cm³/mol. The Morgan fingerprint density at radius 2 is 1.64 bits per heavy atom. The molecule has 0 bridgehead atoms. The molecule has 0 atom stereocenters. The Kier molecular flexibility index (Phi) is 4.41. The van der Waals surface area contributed by atoms with Crippen LogP contribution in [0.4, 0.5) is 5.69 Å². The van der Waals surface area contributed by atoms with Crippen molar-refractivity contribution in [1.82, 2.24) is 4.98 Å². The molecule has 4 rings (SSSR count). The minimum atomic E-state index is -0.483. The van der Waals surface area contributed by atoms with E-state index in [2.05, 4.69) is 10.3 Å². The largest absolute Gasteiger partial charge is 0.366 e. The molecule has 1 aromatic heterocycles. The molecule has 0 aliphatic heterocycles. The number of anilines is 1. The summed E-state index contributed by atoms with van der Waals surface area (Å²) in [6, 6.07) is 21.3. The smallest absolute Gasteiger partial charge is 0.250 e. The Bertz CT molecular complexity index is 1190. The van der Waals surface area contributed by atoms with Gasteiger partial charge in [-0.15, -0.1) is 0 Å². The standard InChI is InChI=1S/C23H19N3O2/c1-14(27)26-18-9-5-8-16(10-18)21-13-25-22-19(21)11-17(12-20(22)23(24)28)15-6-3-2-4-7-15/h2-13,25H,1H3,(H2,24,28)(H,26,27). The van der Waals surface area contributed by atoms with Crippen molar-refractivity contribution in [3.05, 3.63) is 78.5 Å². The van der Waals surface area contributed by atoms with Gasteiger partial charge >= 0.3 is 0 Å². The number of nitrogens with two attached hydrogens (primary N) is 1. The molecule has 0 spiro atoms. The lowest BCUT2D eigenvalue weighted by Gasteiger charge is -2.08. The lowest BCUT2D eigenvalue weighted by atomic mass is 9.96. The molecule has 0 fully saturated rings. The van der Waals surface area contributed by atoms with Gasteiger partial charge < -0.3 is 16.0 Å². The van der Waals surface area contributed by atoms with Gasteiger partial charge in [-0.2, -0.15) is 0 Å². The number of hydrogen-bond acceptors (Lipinski definition) is 2. The lowest BCUT2D eigenvalue weighted by Crippen LogP contribution is -2.11. The van der Waals surface area contributed by atoms with E-state index in [-0.39, 0.29) is 5.91 Å². The summed E-state index contributed by atoms with van der Waals surface area (Å²) in [5, 5.41) is 3.70. The van der Waals surface area contributed by atoms with E-state index in [9.17, 15) is 9.59 Å². The first-order valence-electron chi connectivity index (χ1n) is 8.91. The van der Waals surface area contributed by atoms with Crippen molar-refractivity contribution < 1.29 is 9.59 Å². The van der Waals surface area contributed by atoms with Crippen LogP contribution in [0, 0.1) is 0 Å². The first-order valence-corrected chi connectivity index (χ1v) is 8.91. The second-order valence-electron chi connectivity index (χ2n) is 6.64. The molecule has 3 aromatic carbocycles. The number of aromatic amines is 1. The monoisotopic (exact) mass is 369 g/mol. The van der Waals surface area contributed by atoms with Gasteiger partial charge in [0.2, 0.25) is 5.91 Å². The van der Waals surface area contributed by atoms with E-state index in [0.717, 1.165) is 27.6 Å². The van der Waals surface area contributed by atoms with Crippen LogP contribution in [0.25, 0.3) is 33.2 Å². The van der Waals surface area contributed by atoms with Gasteiger partial charge in [-0.3, -0.25) is 9.59 Å². The maximum absolute atomic E-state index is 12.1. The maximum Gasteiger partial charge on any atom is 0.250 e. The van der Waals surface area contributed by atoms with Crippen LogP contribution in [0.3, 0.4) is 0 Å². The minimum absolute atomic E-state index is 0.126. The molecule has 4 N–H and O–H groups in total. The first kappa shape index (κ1) is 17.5. The van der Waals surface area contributed by atoms with E-state index in [1.165, 1.54) is 6.92 Å². The third kappa shape index (κ3) is 3.25. The summed E-state index contributed by atoms with van der Waals surface area (Å²) in [6.07, 6.45) is 1.86. The third-order valence-electron chi connectivity index (χ3n) is 4.66. The highest BCUT2D eigenvalue weighted by molar-refractivity contribution is 6.10. The van der Waals surface area contributed by atoms with Gasteiger partial charge in [0.05, 0.1) is 11.1 Å². The zero-order valence-electron chi connectivity index (χ0n) is 15.3. The van der Waals surface area contributed by atoms with Gasteiger partial charge in [0.25, 0.3) is 5.91 Å². The Labute approximate surface area is 162 Å². The number of aromatic nitrogens is 1. The third-order valence-corrected chi connectivity index (χ3v) is 4.66. The van der Waals surface area contributed by atoms with Crippen LogP contribution in [0.2, 0.25) is 0 Å². The molecular formula is C23H19N3O2. The number of benzene rings is 3. The van der Waals surface area contributed by atoms with E-state index in [4.69, 9.17) is 5.73 Å². The quantitative estimate of drug-likeness (QED) is 0.492. The highest BCUT2D eigenvalue weighted by atomic mass is 16.1. The van der Waals surface area contributed by atoms with Gasteiger partial charge in [0.1, 0.15) is 0 Å². The number of primary amides is 1. The molecule has 2 amide bonds. The fourth-order valence-electron chi connectivity index (χ4n) is 3.43. The number of hydrogen-bond donors (Lipinski definition) is 3. The van der Waals surface area contributed by atoms with Crippen LogP contribution in [0.1, 0.15) is 17.3 Å². The predicted octanol–water partition coefficient (Wildman–Crippen LogP) is 4.56. The van der Waals surface area contributed by atoms with Crippen molar-refractivity contribution in [2.45, 2.75) is 6.92 Å². The van der Waals surface area contributed by atoms with E-state index in [0.29, 0.717) is 16.8 Å². The van der Waals surface area contributed by atoms with E-state index >= 15 is 0 Å². The van der Waals surface area contributed by atoms with Crippen LogP contribution in [-0.2, 0) is 4.79 Å². The van der Waals surface area contributed by atoms with Crippen molar-refractivity contribution in [1.29, 1.82) is 0 Å². The van der Waals surface area contributed by atoms with Crippen LogP contribution >= 0.6 is 0 Å². The molecule has 0 radical (unpaired) electrons. The SMILES string of the molecule is CC(=O)Nc1cccc(-c2c[nH]c3c(C(N)=O)cc(-c4ccccc4)cc23)c1. The van der Waals surface area contributed by atoms with Crippen LogP contribution in [0.5, 0.6) is 0 Å².